The number of rotatable bonds is 8. The lowest BCUT2D eigenvalue weighted by Crippen LogP contribution is -2.56. The van der Waals surface area contributed by atoms with Gasteiger partial charge in [-0.15, -0.1) is 0 Å². The lowest BCUT2D eigenvalue weighted by atomic mass is 10.0. The molecule has 9 nitrogen and oxygen atoms in total. The smallest absolute Gasteiger partial charge is 0.331 e. The van der Waals surface area contributed by atoms with Crippen molar-refractivity contribution in [3.05, 3.63) is 35.9 Å². The van der Waals surface area contributed by atoms with Gasteiger partial charge in [0.05, 0.1) is 19.2 Å². The van der Waals surface area contributed by atoms with Gasteiger partial charge < -0.3 is 9.47 Å². The van der Waals surface area contributed by atoms with Crippen molar-refractivity contribution in [2.24, 2.45) is 0 Å². The van der Waals surface area contributed by atoms with E-state index in [-0.39, 0.29) is 25.4 Å². The zero-order valence-electron chi connectivity index (χ0n) is 20.4. The molecule has 0 aromatic heterocycles. The summed E-state index contributed by atoms with van der Waals surface area (Å²) in [6, 6.07) is 7.20. The van der Waals surface area contributed by atoms with Gasteiger partial charge in [0.2, 0.25) is 0 Å². The molecule has 2 saturated heterocycles. The molecule has 1 amide bonds. The van der Waals surface area contributed by atoms with Crippen molar-refractivity contribution in [3.8, 4) is 0 Å². The lowest BCUT2D eigenvalue weighted by Gasteiger charge is -2.33. The topological polar surface area (TPSA) is 105 Å². The molecule has 34 heavy (non-hydrogen) atoms. The Balaban J connectivity index is 1.78. The van der Waals surface area contributed by atoms with Crippen LogP contribution in [-0.2, 0) is 35.1 Å². The van der Waals surface area contributed by atoms with E-state index in [0.29, 0.717) is 25.8 Å². The van der Waals surface area contributed by atoms with Gasteiger partial charge >= 0.3 is 11.9 Å². The Hall–Kier alpha value is -2.78. The Labute approximate surface area is 200 Å². The van der Waals surface area contributed by atoms with E-state index < -0.39 is 41.6 Å². The summed E-state index contributed by atoms with van der Waals surface area (Å²) >= 11 is 0. The fraction of sp³-hybridized carbons (Fsp3) is 0.600. The van der Waals surface area contributed by atoms with Crippen LogP contribution in [-0.4, -0.2) is 77.1 Å². The highest BCUT2D eigenvalue weighted by molar-refractivity contribution is 5.95. The molecule has 0 aliphatic carbocycles. The molecular weight excluding hydrogens is 438 g/mol. The molecule has 0 spiro atoms. The Bertz CT molecular complexity index is 898. The minimum atomic E-state index is -0.939. The Kier molecular flexibility index (Phi) is 8.43. The number of fused-ring (bicyclic) bond motifs is 1. The molecule has 186 valence electrons. The minimum absolute atomic E-state index is 0.0390. The summed E-state index contributed by atoms with van der Waals surface area (Å²) in [6.07, 6.45) is 1.33. The van der Waals surface area contributed by atoms with E-state index in [2.05, 4.69) is 5.32 Å². The number of aryl methyl sites for hydroxylation is 1. The summed E-state index contributed by atoms with van der Waals surface area (Å²) in [5.74, 6) is -1.51. The number of ketones is 1. The third-order valence-electron chi connectivity index (χ3n) is 5.79. The Morgan fingerprint density at radius 2 is 1.88 bits per heavy atom. The van der Waals surface area contributed by atoms with E-state index in [4.69, 9.17) is 9.47 Å². The maximum Gasteiger partial charge on any atom is 0.331 e. The van der Waals surface area contributed by atoms with Crippen molar-refractivity contribution in [2.45, 2.75) is 77.1 Å². The number of carbonyl (C=O) groups excluding carboxylic acids is 4. The van der Waals surface area contributed by atoms with Crippen molar-refractivity contribution in [3.63, 3.8) is 0 Å². The van der Waals surface area contributed by atoms with Crippen molar-refractivity contribution >= 4 is 23.6 Å². The zero-order valence-corrected chi connectivity index (χ0v) is 20.4. The van der Waals surface area contributed by atoms with Crippen LogP contribution in [0, 0.1) is 0 Å². The van der Waals surface area contributed by atoms with Crippen molar-refractivity contribution in [1.82, 2.24) is 15.3 Å². The number of hydrogen-bond acceptors (Lipinski definition) is 8. The number of hydrazine groups is 1. The van der Waals surface area contributed by atoms with E-state index in [9.17, 15) is 19.2 Å². The summed E-state index contributed by atoms with van der Waals surface area (Å²) in [7, 11) is 0. The number of hydrogen-bond donors (Lipinski definition) is 1. The van der Waals surface area contributed by atoms with Gasteiger partial charge in [-0.1, -0.05) is 30.3 Å². The normalized spacial score (nSPS) is 22.2. The average molecular weight is 474 g/mol. The first kappa shape index (κ1) is 25.8. The van der Waals surface area contributed by atoms with Crippen LogP contribution in [0.2, 0.25) is 0 Å². The Morgan fingerprint density at radius 1 is 1.18 bits per heavy atom. The lowest BCUT2D eigenvalue weighted by molar-refractivity contribution is -0.171. The van der Waals surface area contributed by atoms with Crippen LogP contribution in [0.15, 0.2) is 30.3 Å². The van der Waals surface area contributed by atoms with Gasteiger partial charge in [0.25, 0.3) is 5.91 Å². The number of esters is 2. The number of nitrogens with zero attached hydrogens (tertiary/aromatic N) is 2. The molecule has 0 bridgehead atoms. The van der Waals surface area contributed by atoms with Crippen LogP contribution in [0.3, 0.4) is 0 Å². The van der Waals surface area contributed by atoms with E-state index in [0.717, 1.165) is 5.56 Å². The molecular formula is C25H35N3O6. The van der Waals surface area contributed by atoms with Gasteiger partial charge in [0.1, 0.15) is 17.7 Å². The average Bonchev–Trinajstić information content (AvgIpc) is 3.13. The van der Waals surface area contributed by atoms with Crippen LogP contribution in [0.25, 0.3) is 0 Å². The molecule has 2 aliphatic rings. The molecule has 1 N–H and O–H groups in total. The number of carbonyl (C=O) groups is 4. The van der Waals surface area contributed by atoms with E-state index >= 15 is 0 Å². The monoisotopic (exact) mass is 473 g/mol. The predicted octanol–water partition coefficient (Wildman–Crippen LogP) is 1.64. The highest BCUT2D eigenvalue weighted by Gasteiger charge is 2.47. The molecule has 3 unspecified atom stereocenters. The second-order valence-corrected chi connectivity index (χ2v) is 9.70. The first-order valence-corrected chi connectivity index (χ1v) is 11.9. The van der Waals surface area contributed by atoms with Crippen molar-refractivity contribution < 1.29 is 28.7 Å². The molecule has 1 aromatic carbocycles. The number of ether oxygens (including phenoxy) is 2. The van der Waals surface area contributed by atoms with Gasteiger partial charge in [-0.05, 0) is 52.5 Å². The predicted molar refractivity (Wildman–Crippen MR) is 124 cm³/mol. The second kappa shape index (κ2) is 11.1. The summed E-state index contributed by atoms with van der Waals surface area (Å²) < 4.78 is 10.8. The Morgan fingerprint density at radius 3 is 2.53 bits per heavy atom. The highest BCUT2D eigenvalue weighted by Crippen LogP contribution is 2.26. The zero-order chi connectivity index (χ0) is 24.9. The van der Waals surface area contributed by atoms with Gasteiger partial charge in [-0.25, -0.2) is 9.80 Å². The molecule has 2 fully saturated rings. The van der Waals surface area contributed by atoms with Crippen LogP contribution in [0.1, 0.15) is 52.5 Å². The van der Waals surface area contributed by atoms with Crippen LogP contribution in [0.4, 0.5) is 0 Å². The standard InChI is InChI=1S/C25H35N3O6/c1-5-33-23(31)19(12-11-17-9-7-6-8-10-17)26-20-15-18(29)16-27-14-13-21(28(27)22(20)30)24(32)34-25(2,3)4/h6-10,19-21,26H,5,11-16H2,1-4H3. The van der Waals surface area contributed by atoms with E-state index in [1.54, 1.807) is 32.7 Å². The number of nitrogens with one attached hydrogen (secondary N) is 1. The highest BCUT2D eigenvalue weighted by atomic mass is 16.6. The third kappa shape index (κ3) is 6.64. The quantitative estimate of drug-likeness (QED) is 0.568. The van der Waals surface area contributed by atoms with E-state index in [1.165, 1.54) is 5.01 Å². The van der Waals surface area contributed by atoms with Crippen molar-refractivity contribution in [1.29, 1.82) is 0 Å². The first-order chi connectivity index (χ1) is 16.1. The summed E-state index contributed by atoms with van der Waals surface area (Å²) in [6.45, 7) is 7.69. The molecule has 1 aromatic rings. The van der Waals surface area contributed by atoms with Crippen LogP contribution >= 0.6 is 0 Å². The molecule has 2 aliphatic heterocycles. The van der Waals surface area contributed by atoms with Crippen LogP contribution < -0.4 is 5.32 Å². The fourth-order valence-electron chi connectivity index (χ4n) is 4.32. The fourth-order valence-corrected chi connectivity index (χ4v) is 4.32. The van der Waals surface area contributed by atoms with Crippen LogP contribution in [0.5, 0.6) is 0 Å². The number of amides is 1. The molecule has 2 heterocycles. The molecule has 3 rings (SSSR count). The summed E-state index contributed by atoms with van der Waals surface area (Å²) in [5.41, 5.74) is 0.358. The molecule has 0 saturated carbocycles. The van der Waals surface area contributed by atoms with Gasteiger partial charge in [0.15, 0.2) is 5.78 Å². The van der Waals surface area contributed by atoms with Gasteiger partial charge in [0, 0.05) is 13.0 Å². The van der Waals surface area contributed by atoms with Gasteiger partial charge in [-0.2, -0.15) is 0 Å². The number of Topliss-reactive ketones (excluding diaryl/α,β-unsaturated/α-hetero) is 1. The maximum absolute atomic E-state index is 13.6. The largest absolute Gasteiger partial charge is 0.465 e. The van der Waals surface area contributed by atoms with E-state index in [1.807, 2.05) is 30.3 Å². The second-order valence-electron chi connectivity index (χ2n) is 9.70. The van der Waals surface area contributed by atoms with Crippen molar-refractivity contribution in [2.75, 3.05) is 19.7 Å². The SMILES string of the molecule is CCOC(=O)C(CCc1ccccc1)NC1CC(=O)CN2CCC(C(=O)OC(C)(C)C)N2C1=O. The molecule has 0 radical (unpaired) electrons. The molecule has 3 atom stereocenters. The third-order valence-corrected chi connectivity index (χ3v) is 5.79. The first-order valence-electron chi connectivity index (χ1n) is 11.9. The molecule has 9 heteroatoms. The summed E-state index contributed by atoms with van der Waals surface area (Å²) in [4.78, 5) is 51.7. The number of benzene rings is 1. The summed E-state index contributed by atoms with van der Waals surface area (Å²) in [5, 5.41) is 6.06. The minimum Gasteiger partial charge on any atom is -0.465 e. The maximum atomic E-state index is 13.6. The van der Waals surface area contributed by atoms with Gasteiger partial charge in [-0.3, -0.25) is 24.7 Å².